The molecule has 0 aliphatic heterocycles. The van der Waals surface area contributed by atoms with Crippen molar-refractivity contribution >= 4 is 5.69 Å². The standard InChI is InChI=1S/C19H17N7/c1-3-25-13-18(14(2)23-25)19-8-9-26(24-19)17-6-4-16(5-7-17)22-12-15(10-20)11-21/h4-9,12-13,22H,3H2,1-2H3. The number of nitrogens with zero attached hydrogens (tertiary/aromatic N) is 6. The maximum Gasteiger partial charge on any atom is 0.145 e. The number of nitrogens with one attached hydrogen (secondary N) is 1. The minimum Gasteiger partial charge on any atom is -0.360 e. The Morgan fingerprint density at radius 2 is 1.88 bits per heavy atom. The van der Waals surface area contributed by atoms with Gasteiger partial charge in [0, 0.05) is 36.4 Å². The number of rotatable bonds is 5. The Kier molecular flexibility index (Phi) is 4.82. The van der Waals surface area contributed by atoms with Gasteiger partial charge in [-0.05, 0) is 44.2 Å². The summed E-state index contributed by atoms with van der Waals surface area (Å²) in [4.78, 5) is 0. The van der Waals surface area contributed by atoms with Gasteiger partial charge in [0.2, 0.25) is 0 Å². The van der Waals surface area contributed by atoms with Crippen LogP contribution in [0, 0.1) is 29.6 Å². The molecule has 1 N–H and O–H groups in total. The molecular weight excluding hydrogens is 326 g/mol. The lowest BCUT2D eigenvalue weighted by Gasteiger charge is -2.04. The fourth-order valence-electron chi connectivity index (χ4n) is 2.50. The zero-order valence-electron chi connectivity index (χ0n) is 14.5. The summed E-state index contributed by atoms with van der Waals surface area (Å²) in [6, 6.07) is 13.1. The monoisotopic (exact) mass is 343 g/mol. The van der Waals surface area contributed by atoms with E-state index in [1.807, 2.05) is 54.3 Å². The second-order valence-electron chi connectivity index (χ2n) is 5.60. The summed E-state index contributed by atoms with van der Waals surface area (Å²) in [5, 5.41) is 29.5. The van der Waals surface area contributed by atoms with E-state index in [1.165, 1.54) is 6.20 Å². The molecule has 0 fully saturated rings. The molecule has 1 aromatic carbocycles. The summed E-state index contributed by atoms with van der Waals surface area (Å²) in [5.74, 6) is 0. The lowest BCUT2D eigenvalue weighted by Crippen LogP contribution is -1.96. The quantitative estimate of drug-likeness (QED) is 0.716. The van der Waals surface area contributed by atoms with Gasteiger partial charge in [-0.3, -0.25) is 4.68 Å². The number of aryl methyl sites for hydroxylation is 2. The molecule has 7 nitrogen and oxygen atoms in total. The van der Waals surface area contributed by atoms with Gasteiger partial charge >= 0.3 is 0 Å². The Bertz CT molecular complexity index is 1010. The van der Waals surface area contributed by atoms with Crippen molar-refractivity contribution in [1.29, 1.82) is 10.5 Å². The molecule has 0 aliphatic rings. The minimum atomic E-state index is 0.0220. The van der Waals surface area contributed by atoms with Crippen LogP contribution in [0.15, 0.2) is 54.5 Å². The van der Waals surface area contributed by atoms with Gasteiger partial charge in [0.15, 0.2) is 0 Å². The minimum absolute atomic E-state index is 0.0220. The average molecular weight is 343 g/mol. The largest absolute Gasteiger partial charge is 0.360 e. The van der Waals surface area contributed by atoms with E-state index in [1.54, 1.807) is 16.8 Å². The smallest absolute Gasteiger partial charge is 0.145 e. The predicted octanol–water partition coefficient (Wildman–Crippen LogP) is 3.41. The molecule has 2 aromatic heterocycles. The number of anilines is 1. The van der Waals surface area contributed by atoms with Gasteiger partial charge in [-0.25, -0.2) is 4.68 Å². The molecule has 128 valence electrons. The van der Waals surface area contributed by atoms with Crippen molar-refractivity contribution in [2.24, 2.45) is 0 Å². The molecular formula is C19H17N7. The second kappa shape index (κ2) is 7.37. The second-order valence-corrected chi connectivity index (χ2v) is 5.60. The number of nitriles is 2. The van der Waals surface area contributed by atoms with Gasteiger partial charge in [-0.2, -0.15) is 20.7 Å². The first kappa shape index (κ1) is 17.0. The van der Waals surface area contributed by atoms with Crippen molar-refractivity contribution in [3.05, 3.63) is 60.2 Å². The number of benzene rings is 1. The van der Waals surface area contributed by atoms with Gasteiger partial charge in [-0.1, -0.05) is 0 Å². The van der Waals surface area contributed by atoms with Crippen molar-refractivity contribution in [3.8, 4) is 29.1 Å². The number of hydrogen-bond donors (Lipinski definition) is 1. The van der Waals surface area contributed by atoms with Gasteiger partial charge in [0.25, 0.3) is 0 Å². The highest BCUT2D eigenvalue weighted by molar-refractivity contribution is 5.61. The molecule has 0 radical (unpaired) electrons. The van der Waals surface area contributed by atoms with Crippen molar-refractivity contribution in [2.75, 3.05) is 5.32 Å². The summed E-state index contributed by atoms with van der Waals surface area (Å²) in [7, 11) is 0. The third-order valence-electron chi connectivity index (χ3n) is 3.89. The van der Waals surface area contributed by atoms with E-state index in [4.69, 9.17) is 10.5 Å². The highest BCUT2D eigenvalue weighted by atomic mass is 15.3. The third-order valence-corrected chi connectivity index (χ3v) is 3.89. The molecule has 0 atom stereocenters. The van der Waals surface area contributed by atoms with Crippen LogP contribution in [0.5, 0.6) is 0 Å². The van der Waals surface area contributed by atoms with Gasteiger partial charge < -0.3 is 5.32 Å². The first-order chi connectivity index (χ1) is 12.6. The highest BCUT2D eigenvalue weighted by Crippen LogP contribution is 2.22. The van der Waals surface area contributed by atoms with Crippen LogP contribution in [-0.4, -0.2) is 19.6 Å². The van der Waals surface area contributed by atoms with E-state index in [0.29, 0.717) is 0 Å². The topological polar surface area (TPSA) is 95.2 Å². The van der Waals surface area contributed by atoms with Crippen molar-refractivity contribution < 1.29 is 0 Å². The summed E-state index contributed by atoms with van der Waals surface area (Å²) in [6.45, 7) is 4.85. The van der Waals surface area contributed by atoms with Gasteiger partial charge in [0.1, 0.15) is 17.7 Å². The molecule has 3 rings (SSSR count). The van der Waals surface area contributed by atoms with Crippen LogP contribution in [0.2, 0.25) is 0 Å². The SMILES string of the molecule is CCn1cc(-c2ccn(-c3ccc(NC=C(C#N)C#N)cc3)n2)c(C)n1. The van der Waals surface area contributed by atoms with Crippen LogP contribution in [0.1, 0.15) is 12.6 Å². The summed E-state index contributed by atoms with van der Waals surface area (Å²) < 4.78 is 3.70. The number of hydrogen-bond acceptors (Lipinski definition) is 5. The molecule has 3 aromatic rings. The molecule has 2 heterocycles. The lowest BCUT2D eigenvalue weighted by molar-refractivity contribution is 0.653. The van der Waals surface area contributed by atoms with Crippen LogP contribution >= 0.6 is 0 Å². The van der Waals surface area contributed by atoms with E-state index in [0.717, 1.165) is 34.9 Å². The Morgan fingerprint density at radius 3 is 2.50 bits per heavy atom. The summed E-state index contributed by atoms with van der Waals surface area (Å²) >= 11 is 0. The first-order valence-electron chi connectivity index (χ1n) is 8.12. The van der Waals surface area contributed by atoms with Gasteiger partial charge in [-0.15, -0.1) is 0 Å². The Balaban J connectivity index is 1.79. The first-order valence-corrected chi connectivity index (χ1v) is 8.12. The van der Waals surface area contributed by atoms with E-state index in [9.17, 15) is 0 Å². The maximum absolute atomic E-state index is 8.73. The van der Waals surface area contributed by atoms with Crippen LogP contribution in [-0.2, 0) is 6.54 Å². The normalized spacial score (nSPS) is 10.0. The van der Waals surface area contributed by atoms with E-state index >= 15 is 0 Å². The average Bonchev–Trinajstić information content (AvgIpc) is 3.29. The van der Waals surface area contributed by atoms with Crippen molar-refractivity contribution in [3.63, 3.8) is 0 Å². The lowest BCUT2D eigenvalue weighted by atomic mass is 10.2. The molecule has 7 heteroatoms. The van der Waals surface area contributed by atoms with Crippen LogP contribution < -0.4 is 5.32 Å². The molecule has 0 saturated heterocycles. The molecule has 26 heavy (non-hydrogen) atoms. The number of allylic oxidation sites excluding steroid dienone is 1. The predicted molar refractivity (Wildman–Crippen MR) is 98.1 cm³/mol. The highest BCUT2D eigenvalue weighted by Gasteiger charge is 2.10. The Hall–Kier alpha value is -3.84. The number of aromatic nitrogens is 4. The molecule has 0 saturated carbocycles. The zero-order chi connectivity index (χ0) is 18.5. The van der Waals surface area contributed by atoms with E-state index in [2.05, 4.69) is 22.4 Å². The van der Waals surface area contributed by atoms with Gasteiger partial charge in [0.05, 0.1) is 17.1 Å². The molecule has 0 aliphatic carbocycles. The Morgan fingerprint density at radius 1 is 1.15 bits per heavy atom. The maximum atomic E-state index is 8.73. The fraction of sp³-hybridized carbons (Fsp3) is 0.158. The van der Waals surface area contributed by atoms with Crippen molar-refractivity contribution in [2.45, 2.75) is 20.4 Å². The van der Waals surface area contributed by atoms with Crippen LogP contribution in [0.25, 0.3) is 16.9 Å². The fourth-order valence-corrected chi connectivity index (χ4v) is 2.50. The zero-order valence-corrected chi connectivity index (χ0v) is 14.5. The van der Waals surface area contributed by atoms with E-state index < -0.39 is 0 Å². The molecule has 0 unspecified atom stereocenters. The van der Waals surface area contributed by atoms with Crippen molar-refractivity contribution in [1.82, 2.24) is 19.6 Å². The molecule has 0 bridgehead atoms. The summed E-state index contributed by atoms with van der Waals surface area (Å²) in [5.41, 5.74) is 4.56. The van der Waals surface area contributed by atoms with E-state index in [-0.39, 0.29) is 5.57 Å². The van der Waals surface area contributed by atoms with Crippen LogP contribution in [0.3, 0.4) is 0 Å². The third kappa shape index (κ3) is 3.47. The van der Waals surface area contributed by atoms with Crippen LogP contribution in [0.4, 0.5) is 5.69 Å². The molecule has 0 amide bonds. The molecule has 0 spiro atoms. The summed E-state index contributed by atoms with van der Waals surface area (Å²) in [6.07, 6.45) is 5.29. The Labute approximate surface area is 151 Å².